The number of ether oxygens (including phenoxy) is 2. The predicted octanol–water partition coefficient (Wildman–Crippen LogP) is 3.13. The third-order valence-electron chi connectivity index (χ3n) is 5.12. The van der Waals surface area contributed by atoms with Crippen LogP contribution in [0, 0.1) is 28.6 Å². The Kier molecular flexibility index (Phi) is 7.26. The minimum absolute atomic E-state index is 0.0611. The van der Waals surface area contributed by atoms with Crippen molar-refractivity contribution in [3.63, 3.8) is 0 Å². The maximum Gasteiger partial charge on any atom is 0.314 e. The zero-order valence-corrected chi connectivity index (χ0v) is 18.2. The molecule has 0 saturated carbocycles. The Labute approximate surface area is 187 Å². The Morgan fingerprint density at radius 2 is 1.72 bits per heavy atom. The lowest BCUT2D eigenvalue weighted by Crippen LogP contribution is -2.41. The van der Waals surface area contributed by atoms with Crippen molar-refractivity contribution in [1.29, 1.82) is 10.5 Å². The standard InChI is InChI=1S/C23H21N3O5S/c1-30-22-14-17(13-18(15-24)16-25)7-8-21(22)31-23(27)19-9-11-26(12-10-19)32(28,29)20-5-3-2-4-6-20/h2-8,13-14,19H,9-12H2,1H3. The second-order valence-electron chi connectivity index (χ2n) is 7.10. The number of esters is 1. The van der Waals surface area contributed by atoms with Crippen molar-refractivity contribution in [2.75, 3.05) is 20.2 Å². The molecule has 1 fully saturated rings. The summed E-state index contributed by atoms with van der Waals surface area (Å²) in [6, 6.07) is 16.5. The van der Waals surface area contributed by atoms with Crippen LogP contribution in [-0.2, 0) is 14.8 Å². The lowest BCUT2D eigenvalue weighted by atomic mass is 9.98. The summed E-state index contributed by atoms with van der Waals surface area (Å²) in [4.78, 5) is 12.9. The average molecular weight is 452 g/mol. The first-order valence-corrected chi connectivity index (χ1v) is 11.3. The van der Waals surface area contributed by atoms with Gasteiger partial charge in [0.1, 0.15) is 17.7 Å². The summed E-state index contributed by atoms with van der Waals surface area (Å²) in [6.45, 7) is 0.450. The van der Waals surface area contributed by atoms with Gasteiger partial charge in [0.15, 0.2) is 11.5 Å². The maximum atomic E-state index is 12.7. The zero-order valence-electron chi connectivity index (χ0n) is 17.4. The number of piperidine rings is 1. The fourth-order valence-corrected chi connectivity index (χ4v) is 4.87. The Balaban J connectivity index is 1.66. The molecule has 1 saturated heterocycles. The number of carbonyl (C=O) groups excluding carboxylic acids is 1. The molecule has 0 N–H and O–H groups in total. The van der Waals surface area contributed by atoms with E-state index in [1.165, 1.54) is 23.6 Å². The smallest absolute Gasteiger partial charge is 0.314 e. The molecule has 0 unspecified atom stereocenters. The first-order valence-electron chi connectivity index (χ1n) is 9.86. The number of nitrogens with zero attached hydrogens (tertiary/aromatic N) is 3. The Hall–Kier alpha value is -3.66. The van der Waals surface area contributed by atoms with E-state index in [0.29, 0.717) is 18.4 Å². The first-order chi connectivity index (χ1) is 15.4. The third kappa shape index (κ3) is 5.14. The van der Waals surface area contributed by atoms with E-state index in [1.807, 2.05) is 0 Å². The Morgan fingerprint density at radius 1 is 1.06 bits per heavy atom. The van der Waals surface area contributed by atoms with Crippen LogP contribution in [0.15, 0.2) is 59.0 Å². The molecule has 0 radical (unpaired) electrons. The molecule has 8 nitrogen and oxygen atoms in total. The third-order valence-corrected chi connectivity index (χ3v) is 7.03. The number of hydrogen-bond acceptors (Lipinski definition) is 7. The van der Waals surface area contributed by atoms with Crippen molar-refractivity contribution in [2.45, 2.75) is 17.7 Å². The summed E-state index contributed by atoms with van der Waals surface area (Å²) in [6.07, 6.45) is 2.10. The number of carbonyl (C=O) groups is 1. The summed E-state index contributed by atoms with van der Waals surface area (Å²) in [5, 5.41) is 17.8. The van der Waals surface area contributed by atoms with Crippen LogP contribution in [0.1, 0.15) is 18.4 Å². The molecule has 0 bridgehead atoms. The lowest BCUT2D eigenvalue weighted by molar-refractivity contribution is -0.140. The van der Waals surface area contributed by atoms with E-state index in [2.05, 4.69) is 0 Å². The molecule has 1 aliphatic heterocycles. The Morgan fingerprint density at radius 3 is 2.31 bits per heavy atom. The molecule has 9 heteroatoms. The van der Waals surface area contributed by atoms with Gasteiger partial charge in [0.05, 0.1) is 17.9 Å². The molecule has 32 heavy (non-hydrogen) atoms. The van der Waals surface area contributed by atoms with Gasteiger partial charge in [-0.1, -0.05) is 24.3 Å². The Bertz CT molecular complexity index is 1190. The van der Waals surface area contributed by atoms with E-state index in [-0.39, 0.29) is 35.1 Å². The summed E-state index contributed by atoms with van der Waals surface area (Å²) in [5.41, 5.74) is 0.494. The summed E-state index contributed by atoms with van der Waals surface area (Å²) < 4.78 is 37.6. The number of rotatable bonds is 6. The van der Waals surface area contributed by atoms with Gasteiger partial charge < -0.3 is 9.47 Å². The number of hydrogen-bond donors (Lipinski definition) is 0. The summed E-state index contributed by atoms with van der Waals surface area (Å²) in [5.74, 6) is -0.403. The normalized spacial score (nSPS) is 14.6. The molecule has 1 aliphatic rings. The van der Waals surface area contributed by atoms with Crippen LogP contribution in [0.4, 0.5) is 0 Å². The van der Waals surface area contributed by atoms with E-state index in [4.69, 9.17) is 20.0 Å². The van der Waals surface area contributed by atoms with Crippen LogP contribution in [-0.4, -0.2) is 38.9 Å². The molecule has 0 spiro atoms. The monoisotopic (exact) mass is 451 g/mol. The van der Waals surface area contributed by atoms with Crippen molar-refractivity contribution in [1.82, 2.24) is 4.31 Å². The molecule has 1 heterocycles. The highest BCUT2D eigenvalue weighted by Crippen LogP contribution is 2.31. The molecule has 0 aliphatic carbocycles. The van der Waals surface area contributed by atoms with Gasteiger partial charge in [-0.15, -0.1) is 0 Å². The van der Waals surface area contributed by atoms with Gasteiger partial charge >= 0.3 is 5.97 Å². The maximum absolute atomic E-state index is 12.7. The molecule has 3 rings (SSSR count). The van der Waals surface area contributed by atoms with Crippen LogP contribution in [0.3, 0.4) is 0 Å². The summed E-state index contributed by atoms with van der Waals surface area (Å²) in [7, 11) is -2.17. The number of nitriles is 2. The number of sulfonamides is 1. The first kappa shape index (κ1) is 23.0. The van der Waals surface area contributed by atoms with Gasteiger partial charge in [0, 0.05) is 13.1 Å². The number of allylic oxidation sites excluding steroid dienone is 1. The molecule has 2 aromatic carbocycles. The average Bonchev–Trinajstić information content (AvgIpc) is 2.83. The zero-order chi connectivity index (χ0) is 23.1. The van der Waals surface area contributed by atoms with Crippen LogP contribution in [0.5, 0.6) is 11.5 Å². The fourth-order valence-electron chi connectivity index (χ4n) is 3.38. The SMILES string of the molecule is COc1cc(C=C(C#N)C#N)ccc1OC(=O)C1CCN(S(=O)(=O)c2ccccc2)CC1. The van der Waals surface area contributed by atoms with E-state index in [1.54, 1.807) is 54.6 Å². The molecular weight excluding hydrogens is 430 g/mol. The molecule has 164 valence electrons. The highest BCUT2D eigenvalue weighted by atomic mass is 32.2. The molecular formula is C23H21N3O5S. The van der Waals surface area contributed by atoms with E-state index < -0.39 is 21.9 Å². The topological polar surface area (TPSA) is 120 Å². The van der Waals surface area contributed by atoms with Crippen molar-refractivity contribution < 1.29 is 22.7 Å². The van der Waals surface area contributed by atoms with E-state index in [0.717, 1.165) is 0 Å². The lowest BCUT2D eigenvalue weighted by Gasteiger charge is -2.30. The number of methoxy groups -OCH3 is 1. The van der Waals surface area contributed by atoms with Gasteiger partial charge in [-0.25, -0.2) is 8.42 Å². The van der Waals surface area contributed by atoms with Crippen molar-refractivity contribution >= 4 is 22.1 Å². The quantitative estimate of drug-likeness (QED) is 0.376. The highest BCUT2D eigenvalue weighted by Gasteiger charge is 2.33. The van der Waals surface area contributed by atoms with Crippen molar-refractivity contribution in [3.8, 4) is 23.6 Å². The van der Waals surface area contributed by atoms with Gasteiger partial charge in [-0.05, 0) is 48.7 Å². The van der Waals surface area contributed by atoms with E-state index in [9.17, 15) is 13.2 Å². The molecule has 0 aromatic heterocycles. The van der Waals surface area contributed by atoms with Gasteiger partial charge in [-0.3, -0.25) is 4.79 Å². The molecule has 0 atom stereocenters. The predicted molar refractivity (Wildman–Crippen MR) is 116 cm³/mol. The second-order valence-corrected chi connectivity index (χ2v) is 9.04. The van der Waals surface area contributed by atoms with Gasteiger partial charge in [-0.2, -0.15) is 14.8 Å². The van der Waals surface area contributed by atoms with E-state index >= 15 is 0 Å². The minimum Gasteiger partial charge on any atom is -0.493 e. The van der Waals surface area contributed by atoms with Gasteiger partial charge in [0.2, 0.25) is 10.0 Å². The molecule has 0 amide bonds. The number of benzene rings is 2. The van der Waals surface area contributed by atoms with Crippen LogP contribution in [0.2, 0.25) is 0 Å². The largest absolute Gasteiger partial charge is 0.493 e. The second kappa shape index (κ2) is 10.1. The fraction of sp³-hybridized carbons (Fsp3) is 0.261. The van der Waals surface area contributed by atoms with Crippen LogP contribution < -0.4 is 9.47 Å². The van der Waals surface area contributed by atoms with Crippen molar-refractivity contribution in [2.24, 2.45) is 5.92 Å². The van der Waals surface area contributed by atoms with Gasteiger partial charge in [0.25, 0.3) is 0 Å². The van der Waals surface area contributed by atoms with Crippen LogP contribution in [0.25, 0.3) is 6.08 Å². The minimum atomic E-state index is -3.59. The highest BCUT2D eigenvalue weighted by molar-refractivity contribution is 7.89. The summed E-state index contributed by atoms with van der Waals surface area (Å²) >= 11 is 0. The van der Waals surface area contributed by atoms with Crippen LogP contribution >= 0.6 is 0 Å². The molecule has 2 aromatic rings. The van der Waals surface area contributed by atoms with Crippen molar-refractivity contribution in [3.05, 3.63) is 59.7 Å².